The topological polar surface area (TPSA) is 63.3 Å². The first-order valence-electron chi connectivity index (χ1n) is 5.73. The summed E-state index contributed by atoms with van der Waals surface area (Å²) in [7, 11) is 0. The molecule has 1 aromatic rings. The Labute approximate surface area is 95.3 Å². The number of hydrogen-bond donors (Lipinski definition) is 2. The summed E-state index contributed by atoms with van der Waals surface area (Å²) in [6.07, 6.45) is 3.16. The Bertz CT molecular complexity index is 385. The minimum absolute atomic E-state index is 0.0880. The molecule has 0 amide bonds. The summed E-state index contributed by atoms with van der Waals surface area (Å²) in [6, 6.07) is 8.02. The fourth-order valence-electron chi connectivity index (χ4n) is 2.04. The number of aryl methyl sites for hydroxylation is 1. The lowest BCUT2D eigenvalue weighted by Crippen LogP contribution is -2.15. The monoisotopic (exact) mass is 219 g/mol. The van der Waals surface area contributed by atoms with E-state index in [1.807, 2.05) is 24.3 Å². The van der Waals surface area contributed by atoms with Crippen molar-refractivity contribution < 1.29 is 9.90 Å². The number of hydrogen-bond acceptors (Lipinski definition) is 2. The molecule has 3 heteroatoms. The number of nitrogens with two attached hydrogens (primary N) is 1. The summed E-state index contributed by atoms with van der Waals surface area (Å²) in [5.41, 5.74) is 8.38. The van der Waals surface area contributed by atoms with Crippen LogP contribution in [0.5, 0.6) is 0 Å². The number of rotatable bonds is 5. The van der Waals surface area contributed by atoms with Crippen molar-refractivity contribution in [3.05, 3.63) is 35.4 Å². The summed E-state index contributed by atoms with van der Waals surface area (Å²) in [5.74, 6) is -0.152. The molecule has 0 radical (unpaired) electrons. The van der Waals surface area contributed by atoms with Crippen LogP contribution < -0.4 is 5.73 Å². The van der Waals surface area contributed by atoms with Crippen LogP contribution in [0.2, 0.25) is 0 Å². The second-order valence-corrected chi connectivity index (χ2v) is 4.46. The minimum atomic E-state index is -0.755. The maximum Gasteiger partial charge on any atom is 0.303 e. The van der Waals surface area contributed by atoms with Crippen LogP contribution >= 0.6 is 0 Å². The number of carboxylic acids is 1. The Morgan fingerprint density at radius 2 is 2.12 bits per heavy atom. The maximum absolute atomic E-state index is 10.6. The van der Waals surface area contributed by atoms with Gasteiger partial charge in [-0.05, 0) is 36.3 Å². The van der Waals surface area contributed by atoms with E-state index in [1.165, 1.54) is 12.8 Å². The summed E-state index contributed by atoms with van der Waals surface area (Å²) >= 11 is 0. The van der Waals surface area contributed by atoms with Crippen LogP contribution in [0.4, 0.5) is 0 Å². The molecule has 0 heterocycles. The second kappa shape index (κ2) is 4.66. The number of carbonyl (C=O) groups is 1. The molecule has 1 saturated carbocycles. The highest BCUT2D eigenvalue weighted by molar-refractivity contribution is 5.67. The highest BCUT2D eigenvalue weighted by Gasteiger charge is 2.30. The summed E-state index contributed by atoms with van der Waals surface area (Å²) in [5, 5.41) is 8.69. The lowest BCUT2D eigenvalue weighted by atomic mass is 9.95. The Balaban J connectivity index is 2.12. The molecular formula is C13H17NO2. The first kappa shape index (κ1) is 11.1. The number of aliphatic carboxylic acids is 1. The van der Waals surface area contributed by atoms with E-state index in [9.17, 15) is 4.79 Å². The zero-order chi connectivity index (χ0) is 11.5. The zero-order valence-electron chi connectivity index (χ0n) is 9.23. The van der Waals surface area contributed by atoms with E-state index in [0.717, 1.165) is 11.1 Å². The Morgan fingerprint density at radius 1 is 1.44 bits per heavy atom. The van der Waals surface area contributed by atoms with E-state index in [-0.39, 0.29) is 12.5 Å². The molecule has 1 aromatic carbocycles. The molecule has 1 fully saturated rings. The molecule has 1 atom stereocenters. The number of benzene rings is 1. The van der Waals surface area contributed by atoms with E-state index >= 15 is 0 Å². The van der Waals surface area contributed by atoms with Crippen LogP contribution in [0.15, 0.2) is 24.3 Å². The third kappa shape index (κ3) is 2.61. The molecule has 0 aromatic heterocycles. The van der Waals surface area contributed by atoms with Crippen molar-refractivity contribution >= 4 is 5.97 Å². The zero-order valence-corrected chi connectivity index (χ0v) is 9.23. The Morgan fingerprint density at radius 3 is 2.75 bits per heavy atom. The number of carboxylic acid groups (broad SMARTS) is 1. The van der Waals surface area contributed by atoms with Gasteiger partial charge in [0.05, 0.1) is 0 Å². The highest BCUT2D eigenvalue weighted by atomic mass is 16.4. The van der Waals surface area contributed by atoms with Gasteiger partial charge < -0.3 is 10.8 Å². The van der Waals surface area contributed by atoms with Crippen molar-refractivity contribution in [3.63, 3.8) is 0 Å². The molecule has 0 spiro atoms. The lowest BCUT2D eigenvalue weighted by molar-refractivity contribution is -0.136. The van der Waals surface area contributed by atoms with Crippen molar-refractivity contribution in [2.45, 2.75) is 31.7 Å². The van der Waals surface area contributed by atoms with E-state index < -0.39 is 5.97 Å². The molecule has 3 nitrogen and oxygen atoms in total. The first-order chi connectivity index (χ1) is 7.68. The molecule has 3 N–H and O–H groups in total. The molecule has 0 saturated heterocycles. The van der Waals surface area contributed by atoms with Gasteiger partial charge in [-0.2, -0.15) is 0 Å². The molecule has 86 valence electrons. The Kier molecular flexibility index (Phi) is 3.25. The summed E-state index contributed by atoms with van der Waals surface area (Å²) in [6.45, 7) is 0. The van der Waals surface area contributed by atoms with Gasteiger partial charge in [0.2, 0.25) is 0 Å². The summed E-state index contributed by atoms with van der Waals surface area (Å²) < 4.78 is 0. The van der Waals surface area contributed by atoms with Crippen molar-refractivity contribution in [2.75, 3.05) is 0 Å². The van der Waals surface area contributed by atoms with Gasteiger partial charge in [0.1, 0.15) is 0 Å². The van der Waals surface area contributed by atoms with E-state index in [2.05, 4.69) is 0 Å². The predicted octanol–water partition coefficient (Wildman–Crippen LogP) is 2.11. The van der Waals surface area contributed by atoms with Crippen LogP contribution in [0.25, 0.3) is 0 Å². The molecule has 0 bridgehead atoms. The van der Waals surface area contributed by atoms with Crippen molar-refractivity contribution in [3.8, 4) is 0 Å². The van der Waals surface area contributed by atoms with Gasteiger partial charge in [0, 0.05) is 12.5 Å². The van der Waals surface area contributed by atoms with Crippen molar-refractivity contribution in [1.29, 1.82) is 0 Å². The molecule has 1 aliphatic rings. The smallest absolute Gasteiger partial charge is 0.303 e. The minimum Gasteiger partial charge on any atom is -0.481 e. The molecule has 2 rings (SSSR count). The van der Waals surface area contributed by atoms with Crippen LogP contribution in [-0.2, 0) is 11.2 Å². The lowest BCUT2D eigenvalue weighted by Gasteiger charge is -2.15. The first-order valence-corrected chi connectivity index (χ1v) is 5.73. The van der Waals surface area contributed by atoms with E-state index in [4.69, 9.17) is 10.8 Å². The quantitative estimate of drug-likeness (QED) is 0.797. The molecule has 1 unspecified atom stereocenters. The second-order valence-electron chi connectivity index (χ2n) is 4.46. The summed E-state index contributed by atoms with van der Waals surface area (Å²) in [4.78, 5) is 10.6. The van der Waals surface area contributed by atoms with Crippen LogP contribution in [0, 0.1) is 5.92 Å². The highest BCUT2D eigenvalue weighted by Crippen LogP contribution is 2.40. The SMILES string of the molecule is NC(c1ccccc1CCC(=O)O)C1CC1. The van der Waals surface area contributed by atoms with Gasteiger partial charge in [0.15, 0.2) is 0 Å². The van der Waals surface area contributed by atoms with Crippen LogP contribution in [0.1, 0.15) is 36.4 Å². The largest absolute Gasteiger partial charge is 0.481 e. The maximum atomic E-state index is 10.6. The predicted molar refractivity (Wildman–Crippen MR) is 62.1 cm³/mol. The van der Waals surface area contributed by atoms with Crippen molar-refractivity contribution in [2.24, 2.45) is 11.7 Å². The van der Waals surface area contributed by atoms with E-state index in [0.29, 0.717) is 12.3 Å². The van der Waals surface area contributed by atoms with Gasteiger partial charge >= 0.3 is 5.97 Å². The fourth-order valence-corrected chi connectivity index (χ4v) is 2.04. The molecule has 16 heavy (non-hydrogen) atoms. The average molecular weight is 219 g/mol. The van der Waals surface area contributed by atoms with Crippen molar-refractivity contribution in [1.82, 2.24) is 0 Å². The molecule has 0 aliphatic heterocycles. The normalized spacial score (nSPS) is 17.1. The van der Waals surface area contributed by atoms with Gasteiger partial charge in [0.25, 0.3) is 0 Å². The third-order valence-corrected chi connectivity index (χ3v) is 3.15. The fraction of sp³-hybridized carbons (Fsp3) is 0.462. The van der Waals surface area contributed by atoms with Gasteiger partial charge in [-0.1, -0.05) is 24.3 Å². The van der Waals surface area contributed by atoms with Crippen LogP contribution in [-0.4, -0.2) is 11.1 Å². The van der Waals surface area contributed by atoms with Crippen LogP contribution in [0.3, 0.4) is 0 Å². The third-order valence-electron chi connectivity index (χ3n) is 3.15. The van der Waals surface area contributed by atoms with Gasteiger partial charge in [-0.15, -0.1) is 0 Å². The van der Waals surface area contributed by atoms with Gasteiger partial charge in [-0.25, -0.2) is 0 Å². The molecule has 1 aliphatic carbocycles. The van der Waals surface area contributed by atoms with E-state index in [1.54, 1.807) is 0 Å². The average Bonchev–Trinajstić information content (AvgIpc) is 3.09. The standard InChI is InChI=1S/C13H17NO2/c14-13(10-5-6-10)11-4-2-1-3-9(11)7-8-12(15)16/h1-4,10,13H,5-8,14H2,(H,15,16). The Hall–Kier alpha value is -1.35. The molecular weight excluding hydrogens is 202 g/mol. The van der Waals surface area contributed by atoms with Gasteiger partial charge in [-0.3, -0.25) is 4.79 Å².